The molecule has 2 saturated carbocycles. The van der Waals surface area contributed by atoms with E-state index in [0.717, 1.165) is 23.7 Å². The van der Waals surface area contributed by atoms with Crippen LogP contribution in [0.15, 0.2) is 0 Å². The molecule has 2 aliphatic carbocycles. The molecule has 0 aromatic carbocycles. The van der Waals surface area contributed by atoms with Gasteiger partial charge in [-0.25, -0.2) is 0 Å². The summed E-state index contributed by atoms with van der Waals surface area (Å²) in [5, 5.41) is 3.74. The lowest BCUT2D eigenvalue weighted by Crippen LogP contribution is -2.30. The summed E-state index contributed by atoms with van der Waals surface area (Å²) in [6.45, 7) is 7.41. The van der Waals surface area contributed by atoms with E-state index in [-0.39, 0.29) is 0 Å². The largest absolute Gasteiger partial charge is 0.316 e. The Morgan fingerprint density at radius 1 is 0.875 bits per heavy atom. The lowest BCUT2D eigenvalue weighted by molar-refractivity contribution is 0.273. The number of hydrogen-bond acceptors (Lipinski definition) is 1. The summed E-state index contributed by atoms with van der Waals surface area (Å²) in [5.41, 5.74) is 0. The predicted octanol–water partition coefficient (Wildman–Crippen LogP) is 3.84. The van der Waals surface area contributed by atoms with Crippen molar-refractivity contribution in [3.63, 3.8) is 0 Å². The maximum Gasteiger partial charge on any atom is -0.00179 e. The van der Waals surface area contributed by atoms with E-state index in [1.807, 2.05) is 0 Å². The molecule has 2 aliphatic rings. The van der Waals surface area contributed by atoms with E-state index < -0.39 is 0 Å². The maximum absolute atomic E-state index is 3.74. The van der Waals surface area contributed by atoms with Gasteiger partial charge < -0.3 is 5.32 Å². The Bertz CT molecular complexity index is 194. The highest BCUT2D eigenvalue weighted by molar-refractivity contribution is 4.77. The van der Waals surface area contributed by atoms with Crippen molar-refractivity contribution in [2.45, 2.75) is 58.8 Å². The van der Waals surface area contributed by atoms with Crippen LogP contribution in [-0.4, -0.2) is 13.1 Å². The van der Waals surface area contributed by atoms with E-state index in [1.54, 1.807) is 0 Å². The molecule has 0 amide bonds. The van der Waals surface area contributed by atoms with Crippen molar-refractivity contribution in [1.82, 2.24) is 5.32 Å². The smallest absolute Gasteiger partial charge is 0.00179 e. The third-order valence-electron chi connectivity index (χ3n) is 5.01. The van der Waals surface area contributed by atoms with E-state index >= 15 is 0 Å². The summed E-state index contributed by atoms with van der Waals surface area (Å²) in [4.78, 5) is 0. The molecule has 1 nitrogen and oxygen atoms in total. The first-order chi connectivity index (χ1) is 7.75. The van der Waals surface area contributed by atoms with E-state index in [0.29, 0.717) is 0 Å². The van der Waals surface area contributed by atoms with Crippen molar-refractivity contribution in [3.05, 3.63) is 0 Å². The minimum Gasteiger partial charge on any atom is -0.316 e. The molecular weight excluding hydrogens is 194 g/mol. The number of nitrogens with one attached hydrogen (secondary N) is 1. The van der Waals surface area contributed by atoms with Gasteiger partial charge in [0.05, 0.1) is 0 Å². The SMILES string of the molecule is CC1CCC(CNCC2CCCC2C)CC1. The number of hydrogen-bond donors (Lipinski definition) is 1. The van der Waals surface area contributed by atoms with Gasteiger partial charge in [0.25, 0.3) is 0 Å². The lowest BCUT2D eigenvalue weighted by atomic mass is 9.83. The van der Waals surface area contributed by atoms with Crippen LogP contribution in [0.25, 0.3) is 0 Å². The Balaban J connectivity index is 1.57. The highest BCUT2D eigenvalue weighted by Crippen LogP contribution is 2.31. The average molecular weight is 223 g/mol. The summed E-state index contributed by atoms with van der Waals surface area (Å²) < 4.78 is 0. The first-order valence-electron chi connectivity index (χ1n) is 7.46. The lowest BCUT2D eigenvalue weighted by Gasteiger charge is -2.27. The quantitative estimate of drug-likeness (QED) is 0.763. The van der Waals surface area contributed by atoms with Crippen molar-refractivity contribution >= 4 is 0 Å². The van der Waals surface area contributed by atoms with Crippen LogP contribution in [0.3, 0.4) is 0 Å². The molecule has 0 radical (unpaired) electrons. The van der Waals surface area contributed by atoms with Crippen LogP contribution < -0.4 is 5.32 Å². The first-order valence-corrected chi connectivity index (χ1v) is 7.46. The van der Waals surface area contributed by atoms with E-state index in [4.69, 9.17) is 0 Å². The normalized spacial score (nSPS) is 40.1. The third-order valence-corrected chi connectivity index (χ3v) is 5.01. The predicted molar refractivity (Wildman–Crippen MR) is 70.5 cm³/mol. The van der Waals surface area contributed by atoms with Gasteiger partial charge >= 0.3 is 0 Å². The Morgan fingerprint density at radius 3 is 2.25 bits per heavy atom. The van der Waals surface area contributed by atoms with Gasteiger partial charge in [0.1, 0.15) is 0 Å². The van der Waals surface area contributed by atoms with Crippen molar-refractivity contribution in [3.8, 4) is 0 Å². The summed E-state index contributed by atoms with van der Waals surface area (Å²) >= 11 is 0. The Morgan fingerprint density at radius 2 is 1.62 bits per heavy atom. The van der Waals surface area contributed by atoms with E-state index in [2.05, 4.69) is 19.2 Å². The van der Waals surface area contributed by atoms with Gasteiger partial charge in [-0.05, 0) is 56.0 Å². The molecule has 16 heavy (non-hydrogen) atoms. The average Bonchev–Trinajstić information content (AvgIpc) is 2.68. The molecule has 0 aliphatic heterocycles. The van der Waals surface area contributed by atoms with Crippen LogP contribution in [0.5, 0.6) is 0 Å². The molecule has 0 aromatic rings. The standard InChI is InChI=1S/C15H29N/c1-12-6-8-14(9-7-12)10-16-11-15-5-3-4-13(15)2/h12-16H,3-11H2,1-2H3. The van der Waals surface area contributed by atoms with Gasteiger partial charge in [0.2, 0.25) is 0 Å². The molecule has 1 N–H and O–H groups in total. The van der Waals surface area contributed by atoms with Crippen LogP contribution >= 0.6 is 0 Å². The first kappa shape index (κ1) is 12.4. The minimum atomic E-state index is 0.971. The second-order valence-electron chi connectivity index (χ2n) is 6.45. The molecule has 2 rings (SSSR count). The summed E-state index contributed by atoms with van der Waals surface area (Å²) in [6, 6.07) is 0. The molecule has 0 aromatic heterocycles. The zero-order valence-corrected chi connectivity index (χ0v) is 11.2. The van der Waals surface area contributed by atoms with Crippen molar-refractivity contribution in [2.75, 3.05) is 13.1 Å². The van der Waals surface area contributed by atoms with Crippen LogP contribution in [-0.2, 0) is 0 Å². The molecule has 2 atom stereocenters. The van der Waals surface area contributed by atoms with Crippen molar-refractivity contribution < 1.29 is 0 Å². The Labute approximate surface area is 101 Å². The maximum atomic E-state index is 3.74. The Hall–Kier alpha value is -0.0400. The Kier molecular flexibility index (Phi) is 4.69. The second kappa shape index (κ2) is 6.05. The van der Waals surface area contributed by atoms with Crippen LogP contribution in [0.4, 0.5) is 0 Å². The molecule has 0 bridgehead atoms. The van der Waals surface area contributed by atoms with Crippen LogP contribution in [0.2, 0.25) is 0 Å². The van der Waals surface area contributed by atoms with Crippen molar-refractivity contribution in [1.29, 1.82) is 0 Å². The minimum absolute atomic E-state index is 0.971. The summed E-state index contributed by atoms with van der Waals surface area (Å²) in [5.74, 6) is 3.92. The van der Waals surface area contributed by atoms with E-state index in [1.165, 1.54) is 58.0 Å². The molecule has 0 spiro atoms. The fraction of sp³-hybridized carbons (Fsp3) is 1.00. The van der Waals surface area contributed by atoms with Gasteiger partial charge in [-0.2, -0.15) is 0 Å². The fourth-order valence-corrected chi connectivity index (χ4v) is 3.53. The van der Waals surface area contributed by atoms with Crippen LogP contribution in [0.1, 0.15) is 58.8 Å². The fourth-order valence-electron chi connectivity index (χ4n) is 3.53. The van der Waals surface area contributed by atoms with Gasteiger partial charge in [-0.3, -0.25) is 0 Å². The monoisotopic (exact) mass is 223 g/mol. The molecule has 2 fully saturated rings. The van der Waals surface area contributed by atoms with Crippen LogP contribution in [0, 0.1) is 23.7 Å². The molecular formula is C15H29N. The number of rotatable bonds is 4. The summed E-state index contributed by atoms with van der Waals surface area (Å²) in [7, 11) is 0. The zero-order chi connectivity index (χ0) is 11.4. The molecule has 2 unspecified atom stereocenters. The third kappa shape index (κ3) is 3.48. The van der Waals surface area contributed by atoms with Crippen molar-refractivity contribution in [2.24, 2.45) is 23.7 Å². The highest BCUT2D eigenvalue weighted by Gasteiger charge is 2.23. The van der Waals surface area contributed by atoms with Gasteiger partial charge in [0, 0.05) is 0 Å². The molecule has 0 heterocycles. The zero-order valence-electron chi connectivity index (χ0n) is 11.2. The van der Waals surface area contributed by atoms with Gasteiger partial charge in [-0.15, -0.1) is 0 Å². The summed E-state index contributed by atoms with van der Waals surface area (Å²) in [6.07, 6.45) is 10.3. The topological polar surface area (TPSA) is 12.0 Å². The van der Waals surface area contributed by atoms with E-state index in [9.17, 15) is 0 Å². The molecule has 94 valence electrons. The molecule has 1 heteroatoms. The van der Waals surface area contributed by atoms with Gasteiger partial charge in [0.15, 0.2) is 0 Å². The molecule has 0 saturated heterocycles. The second-order valence-corrected chi connectivity index (χ2v) is 6.45. The highest BCUT2D eigenvalue weighted by atomic mass is 14.9. The van der Waals surface area contributed by atoms with Gasteiger partial charge in [-0.1, -0.05) is 39.5 Å².